The van der Waals surface area contributed by atoms with Crippen molar-refractivity contribution >= 4 is 30.8 Å². The lowest BCUT2D eigenvalue weighted by molar-refractivity contribution is -0.109. The molecule has 2 unspecified atom stereocenters. The largest absolute Gasteiger partial charge is 0.509 e. The second-order valence-electron chi connectivity index (χ2n) is 7.86. The molecule has 0 radical (unpaired) electrons. The van der Waals surface area contributed by atoms with E-state index in [1.54, 1.807) is 0 Å². The van der Waals surface area contributed by atoms with Crippen LogP contribution in [0.4, 0.5) is 4.79 Å². The predicted octanol–water partition coefficient (Wildman–Crippen LogP) is 1.02. The lowest BCUT2D eigenvalue weighted by atomic mass is 9.96. The van der Waals surface area contributed by atoms with Crippen LogP contribution in [-0.2, 0) is 32.6 Å². The summed E-state index contributed by atoms with van der Waals surface area (Å²) < 4.78 is 43.0. The molecule has 13 nitrogen and oxygen atoms in total. The van der Waals surface area contributed by atoms with Gasteiger partial charge in [0.1, 0.15) is 6.10 Å². The molecule has 0 amide bonds. The van der Waals surface area contributed by atoms with Crippen LogP contribution in [0.5, 0.6) is 0 Å². The van der Waals surface area contributed by atoms with Crippen LogP contribution in [0.15, 0.2) is 15.8 Å². The molecule has 3 rings (SSSR count). The van der Waals surface area contributed by atoms with E-state index in [0.717, 1.165) is 16.3 Å². The number of carbonyl (C=O) groups is 2. The van der Waals surface area contributed by atoms with Crippen LogP contribution in [-0.4, -0.2) is 76.4 Å². The van der Waals surface area contributed by atoms with Crippen LogP contribution >= 0.6 is 19.5 Å². The van der Waals surface area contributed by atoms with Crippen molar-refractivity contribution in [2.45, 2.75) is 44.8 Å². The van der Waals surface area contributed by atoms with Gasteiger partial charge in [0.15, 0.2) is 23.0 Å². The molecule has 1 aromatic heterocycles. The number of aromatic nitrogens is 2. The molecule has 1 aromatic rings. The Morgan fingerprint density at radius 2 is 2.03 bits per heavy atom. The van der Waals surface area contributed by atoms with E-state index in [4.69, 9.17) is 23.3 Å². The van der Waals surface area contributed by atoms with Crippen molar-refractivity contribution in [1.29, 1.82) is 0 Å². The number of hydrogen-bond acceptors (Lipinski definition) is 11. The molecular weight excluding hydrogens is 481 g/mol. The van der Waals surface area contributed by atoms with Gasteiger partial charge in [-0.05, 0) is 27.9 Å². The van der Waals surface area contributed by atoms with Gasteiger partial charge in [0, 0.05) is 24.4 Å². The Balaban J connectivity index is 1.79. The van der Waals surface area contributed by atoms with Crippen molar-refractivity contribution in [3.63, 3.8) is 0 Å². The number of nitrogens with zero attached hydrogens (tertiary/aromatic N) is 2. The number of ether oxygens (including phenoxy) is 3. The van der Waals surface area contributed by atoms with E-state index in [-0.39, 0.29) is 23.9 Å². The highest BCUT2D eigenvalue weighted by Gasteiger charge is 2.64. The minimum Gasteiger partial charge on any atom is -0.424 e. The summed E-state index contributed by atoms with van der Waals surface area (Å²) in [4.78, 5) is 49.3. The van der Waals surface area contributed by atoms with Crippen LogP contribution in [0.1, 0.15) is 25.6 Å². The molecule has 0 aliphatic carbocycles. The third-order valence-electron chi connectivity index (χ3n) is 5.16. The summed E-state index contributed by atoms with van der Waals surface area (Å²) in [5.41, 5.74) is -2.48. The Kier molecular flexibility index (Phi) is 7.56. The van der Waals surface area contributed by atoms with Gasteiger partial charge in [0.25, 0.3) is 5.56 Å². The molecular formula is C18H26N3O10PS. The molecule has 0 bridgehead atoms. The average Bonchev–Trinajstić information content (AvgIpc) is 3.16. The normalized spacial score (nSPS) is 28.3. The highest BCUT2D eigenvalue weighted by molar-refractivity contribution is 8.13. The Bertz CT molecular complexity index is 1090. The molecule has 33 heavy (non-hydrogen) atoms. The monoisotopic (exact) mass is 507 g/mol. The highest BCUT2D eigenvalue weighted by atomic mass is 32.2. The van der Waals surface area contributed by atoms with Crippen molar-refractivity contribution in [1.82, 2.24) is 14.2 Å². The molecule has 0 spiro atoms. The summed E-state index contributed by atoms with van der Waals surface area (Å²) in [6, 6.07) is 0. The first-order valence-corrected chi connectivity index (χ1v) is 12.4. The molecule has 2 aliphatic rings. The summed E-state index contributed by atoms with van der Waals surface area (Å²) in [6.45, 7) is 4.13. The Morgan fingerprint density at radius 3 is 2.67 bits per heavy atom. The van der Waals surface area contributed by atoms with Gasteiger partial charge < -0.3 is 14.2 Å². The minimum absolute atomic E-state index is 0.000850. The maximum absolute atomic E-state index is 13.1. The fourth-order valence-corrected chi connectivity index (χ4v) is 5.26. The van der Waals surface area contributed by atoms with Crippen LogP contribution in [0.2, 0.25) is 0 Å². The topological polar surface area (TPSA) is 155 Å². The fraction of sp³-hybridized carbons (Fsp3) is 0.667. The highest BCUT2D eigenvalue weighted by Crippen LogP contribution is 2.52. The number of H-pyrrole nitrogens is 1. The summed E-state index contributed by atoms with van der Waals surface area (Å²) in [5.74, 6) is 0.291. The summed E-state index contributed by atoms with van der Waals surface area (Å²) in [7, 11) is -0.756. The van der Waals surface area contributed by atoms with E-state index >= 15 is 0 Å². The van der Waals surface area contributed by atoms with Crippen molar-refractivity contribution in [2.24, 2.45) is 0 Å². The molecule has 15 heteroatoms. The van der Waals surface area contributed by atoms with Crippen LogP contribution in [0.3, 0.4) is 0 Å². The summed E-state index contributed by atoms with van der Waals surface area (Å²) in [5, 5.41) is -0.0975. The van der Waals surface area contributed by atoms with Crippen molar-refractivity contribution in [3.05, 3.63) is 32.6 Å². The number of nitrogens with one attached hydrogen (secondary N) is 1. The zero-order valence-corrected chi connectivity index (χ0v) is 20.5. The molecule has 2 aliphatic heterocycles. The quantitative estimate of drug-likeness (QED) is 0.288. The zero-order chi connectivity index (χ0) is 24.6. The zero-order valence-electron chi connectivity index (χ0n) is 18.8. The smallest absolute Gasteiger partial charge is 0.424 e. The molecule has 5 atom stereocenters. The van der Waals surface area contributed by atoms with E-state index in [0.29, 0.717) is 5.75 Å². The number of thioether (sulfide) groups is 1. The first-order chi connectivity index (χ1) is 15.4. The second kappa shape index (κ2) is 9.72. The maximum Gasteiger partial charge on any atom is 0.509 e. The Morgan fingerprint density at radius 1 is 1.33 bits per heavy atom. The van der Waals surface area contributed by atoms with E-state index in [1.807, 2.05) is 0 Å². The van der Waals surface area contributed by atoms with Crippen LogP contribution < -0.4 is 11.2 Å². The van der Waals surface area contributed by atoms with E-state index < -0.39 is 49.2 Å². The number of rotatable bonds is 9. The number of aryl methyl sites for hydroxylation is 1. The average molecular weight is 507 g/mol. The summed E-state index contributed by atoms with van der Waals surface area (Å²) >= 11 is 1.03. The first-order valence-electron chi connectivity index (χ1n) is 9.95. The van der Waals surface area contributed by atoms with E-state index in [9.17, 15) is 23.7 Å². The number of fused-ring (bicyclic) bond motifs is 1. The number of hydrogen-bond donors (Lipinski definition) is 1. The molecule has 0 saturated carbocycles. The molecule has 2 saturated heterocycles. The molecule has 0 aromatic carbocycles. The van der Waals surface area contributed by atoms with Gasteiger partial charge in [0.2, 0.25) is 0 Å². The Hall–Kier alpha value is -1.96. The van der Waals surface area contributed by atoms with Gasteiger partial charge in [-0.15, -0.1) is 0 Å². The van der Waals surface area contributed by atoms with Gasteiger partial charge >= 0.3 is 19.6 Å². The fourth-order valence-electron chi connectivity index (χ4n) is 3.49. The van der Waals surface area contributed by atoms with Crippen molar-refractivity contribution in [2.75, 3.05) is 33.1 Å². The molecule has 1 N–H and O–H groups in total. The molecule has 184 valence electrons. The minimum atomic E-state index is -3.76. The third kappa shape index (κ3) is 5.26. The predicted molar refractivity (Wildman–Crippen MR) is 116 cm³/mol. The standard InChI is InChI=1S/C18H26N3O10PS/c1-10-8-21(16(24)19-14(10)23)15-18(3)13(30-17(25)31-18)12(29-15)9-28-32(26,20(4)5)27-6-7-33-11(2)22/h8,12-13,15H,6-7,9H2,1-5H3,(H,19,23,24)/t12-,13+,15-,18?,32?/m1/s1. The van der Waals surface area contributed by atoms with E-state index in [1.165, 1.54) is 45.7 Å². The Labute approximate surface area is 193 Å². The number of aromatic amines is 1. The van der Waals surface area contributed by atoms with Crippen LogP contribution in [0.25, 0.3) is 0 Å². The van der Waals surface area contributed by atoms with Crippen molar-refractivity contribution in [3.8, 4) is 0 Å². The third-order valence-corrected chi connectivity index (χ3v) is 7.90. The maximum atomic E-state index is 13.1. The van der Waals surface area contributed by atoms with Gasteiger partial charge in [-0.25, -0.2) is 18.8 Å². The number of carbonyl (C=O) groups excluding carboxylic acids is 2. The second-order valence-corrected chi connectivity index (χ2v) is 11.4. The lowest BCUT2D eigenvalue weighted by Crippen LogP contribution is -2.45. The lowest BCUT2D eigenvalue weighted by Gasteiger charge is -2.26. The summed E-state index contributed by atoms with van der Waals surface area (Å²) in [6.07, 6.45) is -2.75. The van der Waals surface area contributed by atoms with Gasteiger partial charge in [0.05, 0.1) is 13.2 Å². The SMILES string of the molecule is CC(=O)SCCOP(=O)(OC[C@H]1O[C@@H](n2cc(C)c(=O)[nH]c2=O)C2(C)OC(=O)O[C@@H]12)N(C)C. The molecule has 3 heterocycles. The van der Waals surface area contributed by atoms with E-state index in [2.05, 4.69) is 4.98 Å². The van der Waals surface area contributed by atoms with Gasteiger partial charge in [-0.2, -0.15) is 0 Å². The van der Waals surface area contributed by atoms with Gasteiger partial charge in [-0.1, -0.05) is 11.8 Å². The molecule has 2 fully saturated rings. The van der Waals surface area contributed by atoms with Crippen molar-refractivity contribution < 1.29 is 37.4 Å². The first kappa shape index (κ1) is 25.7. The van der Waals surface area contributed by atoms with Crippen LogP contribution in [0, 0.1) is 6.92 Å². The van der Waals surface area contributed by atoms with Gasteiger partial charge in [-0.3, -0.25) is 28.2 Å².